The molecule has 1 aromatic rings. The third-order valence-corrected chi connectivity index (χ3v) is 3.97. The zero-order valence-corrected chi connectivity index (χ0v) is 13.1. The van der Waals surface area contributed by atoms with Crippen LogP contribution in [0.5, 0.6) is 0 Å². The molecular formula is C15H19BrN2O2. The molecule has 0 aromatic heterocycles. The van der Waals surface area contributed by atoms with Gasteiger partial charge in [-0.3, -0.25) is 4.79 Å². The predicted octanol–water partition coefficient (Wildman–Crippen LogP) is 4.01. The highest BCUT2D eigenvalue weighted by Crippen LogP contribution is 2.24. The summed E-state index contributed by atoms with van der Waals surface area (Å²) in [5.74, 6) is -0.304. The van der Waals surface area contributed by atoms with E-state index in [1.54, 1.807) is 12.1 Å². The van der Waals surface area contributed by atoms with Crippen LogP contribution in [-0.4, -0.2) is 17.6 Å². The number of carbonyl (C=O) groups is 1. The number of hydrogen-bond donors (Lipinski definition) is 2. The first kappa shape index (κ1) is 16.5. The number of anilines is 1. The number of nitrogens with one attached hydrogen (secondary N) is 1. The standard InChI is InChI=1S/C15H19BrN2O2/c1-2-11(4-6-15(19)20)7-8-18-14-5-3-12(10-17)9-13(14)16/h3,5,9,11,18H,2,4,6-8H2,1H3,(H,19,20). The van der Waals surface area contributed by atoms with Crippen molar-refractivity contribution in [3.05, 3.63) is 28.2 Å². The minimum atomic E-state index is -0.730. The molecule has 1 rings (SSSR count). The SMILES string of the molecule is CCC(CCNc1ccc(C#N)cc1Br)CCC(=O)O. The second-order valence-corrected chi connectivity index (χ2v) is 5.58. The Morgan fingerprint density at radius 3 is 2.80 bits per heavy atom. The van der Waals surface area contributed by atoms with Gasteiger partial charge in [0.05, 0.1) is 11.6 Å². The van der Waals surface area contributed by atoms with Gasteiger partial charge in [-0.25, -0.2) is 0 Å². The van der Waals surface area contributed by atoms with Crippen LogP contribution in [0.2, 0.25) is 0 Å². The molecule has 0 saturated heterocycles. The van der Waals surface area contributed by atoms with Crippen LogP contribution in [0.25, 0.3) is 0 Å². The van der Waals surface area contributed by atoms with Crippen molar-refractivity contribution in [2.45, 2.75) is 32.6 Å². The third-order valence-electron chi connectivity index (χ3n) is 3.31. The Balaban J connectivity index is 2.43. The highest BCUT2D eigenvalue weighted by atomic mass is 79.9. The number of nitrogens with zero attached hydrogens (tertiary/aromatic N) is 1. The number of benzene rings is 1. The molecule has 0 aliphatic carbocycles. The summed E-state index contributed by atoms with van der Waals surface area (Å²) in [6.07, 6.45) is 2.89. The van der Waals surface area contributed by atoms with E-state index in [1.165, 1.54) is 0 Å². The first-order chi connectivity index (χ1) is 9.56. The predicted molar refractivity (Wildman–Crippen MR) is 82.6 cm³/mol. The summed E-state index contributed by atoms with van der Waals surface area (Å²) in [4.78, 5) is 10.6. The molecule has 0 aliphatic rings. The van der Waals surface area contributed by atoms with E-state index in [0.29, 0.717) is 11.5 Å². The van der Waals surface area contributed by atoms with E-state index < -0.39 is 5.97 Å². The van der Waals surface area contributed by atoms with Crippen molar-refractivity contribution < 1.29 is 9.90 Å². The van der Waals surface area contributed by atoms with Crippen molar-refractivity contribution in [2.24, 2.45) is 5.92 Å². The normalized spacial score (nSPS) is 11.7. The molecule has 0 heterocycles. The van der Waals surface area contributed by atoms with E-state index in [9.17, 15) is 4.79 Å². The van der Waals surface area contributed by atoms with Gasteiger partial charge in [0.15, 0.2) is 0 Å². The van der Waals surface area contributed by atoms with Gasteiger partial charge in [0.25, 0.3) is 0 Å². The number of carboxylic acid groups (broad SMARTS) is 1. The van der Waals surface area contributed by atoms with Crippen molar-refractivity contribution in [1.29, 1.82) is 5.26 Å². The van der Waals surface area contributed by atoms with Crippen LogP contribution < -0.4 is 5.32 Å². The minimum Gasteiger partial charge on any atom is -0.481 e. The zero-order chi connectivity index (χ0) is 15.0. The summed E-state index contributed by atoms with van der Waals surface area (Å²) in [6.45, 7) is 2.88. The first-order valence-corrected chi connectivity index (χ1v) is 7.51. The summed E-state index contributed by atoms with van der Waals surface area (Å²) in [5, 5.41) is 20.8. The second-order valence-electron chi connectivity index (χ2n) is 4.73. The molecule has 0 amide bonds. The molecule has 0 saturated carbocycles. The van der Waals surface area contributed by atoms with E-state index in [-0.39, 0.29) is 6.42 Å². The zero-order valence-electron chi connectivity index (χ0n) is 11.5. The fourth-order valence-corrected chi connectivity index (χ4v) is 2.54. The molecule has 0 aliphatic heterocycles. The van der Waals surface area contributed by atoms with Crippen molar-refractivity contribution in [3.8, 4) is 6.07 Å². The molecule has 1 aromatic carbocycles. The highest BCUT2D eigenvalue weighted by Gasteiger charge is 2.09. The van der Waals surface area contributed by atoms with Crippen molar-refractivity contribution in [1.82, 2.24) is 0 Å². The lowest BCUT2D eigenvalue weighted by molar-refractivity contribution is -0.137. The van der Waals surface area contributed by atoms with Gasteiger partial charge in [-0.15, -0.1) is 0 Å². The Kier molecular flexibility index (Phi) is 7.10. The summed E-state index contributed by atoms with van der Waals surface area (Å²) in [7, 11) is 0. The molecule has 20 heavy (non-hydrogen) atoms. The van der Waals surface area contributed by atoms with Gasteiger partial charge in [-0.2, -0.15) is 5.26 Å². The average molecular weight is 339 g/mol. The number of nitriles is 1. The first-order valence-electron chi connectivity index (χ1n) is 6.72. The van der Waals surface area contributed by atoms with Gasteiger partial charge >= 0.3 is 5.97 Å². The van der Waals surface area contributed by atoms with E-state index in [0.717, 1.165) is 36.0 Å². The second kappa shape index (κ2) is 8.60. The Labute approximate surface area is 127 Å². The van der Waals surface area contributed by atoms with Gasteiger partial charge in [0, 0.05) is 23.1 Å². The summed E-state index contributed by atoms with van der Waals surface area (Å²) < 4.78 is 0.870. The number of carboxylic acids is 1. The highest BCUT2D eigenvalue weighted by molar-refractivity contribution is 9.10. The van der Waals surface area contributed by atoms with Gasteiger partial charge in [0.2, 0.25) is 0 Å². The maximum atomic E-state index is 10.6. The van der Waals surface area contributed by atoms with Gasteiger partial charge in [-0.1, -0.05) is 13.3 Å². The fraction of sp³-hybridized carbons (Fsp3) is 0.467. The van der Waals surface area contributed by atoms with Crippen molar-refractivity contribution in [2.75, 3.05) is 11.9 Å². The largest absolute Gasteiger partial charge is 0.481 e. The smallest absolute Gasteiger partial charge is 0.303 e. The number of hydrogen-bond acceptors (Lipinski definition) is 3. The molecule has 0 fully saturated rings. The van der Waals surface area contributed by atoms with E-state index >= 15 is 0 Å². The molecule has 5 heteroatoms. The Hall–Kier alpha value is -1.54. The lowest BCUT2D eigenvalue weighted by Crippen LogP contribution is -2.10. The van der Waals surface area contributed by atoms with Crippen LogP contribution in [-0.2, 0) is 4.79 Å². The van der Waals surface area contributed by atoms with Crippen molar-refractivity contribution in [3.63, 3.8) is 0 Å². The number of aliphatic carboxylic acids is 1. The fourth-order valence-electron chi connectivity index (χ4n) is 2.02. The molecular weight excluding hydrogens is 320 g/mol. The van der Waals surface area contributed by atoms with Crippen LogP contribution in [0.3, 0.4) is 0 Å². The Morgan fingerprint density at radius 1 is 1.50 bits per heavy atom. The maximum absolute atomic E-state index is 10.6. The van der Waals surface area contributed by atoms with Gasteiger partial charge in [0.1, 0.15) is 0 Å². The molecule has 2 N–H and O–H groups in total. The van der Waals surface area contributed by atoms with E-state index in [2.05, 4.69) is 34.2 Å². The van der Waals surface area contributed by atoms with E-state index in [4.69, 9.17) is 10.4 Å². The lowest BCUT2D eigenvalue weighted by atomic mass is 9.96. The topological polar surface area (TPSA) is 73.1 Å². The number of rotatable bonds is 8. The van der Waals surface area contributed by atoms with Crippen LogP contribution >= 0.6 is 15.9 Å². The quantitative estimate of drug-likeness (QED) is 0.750. The maximum Gasteiger partial charge on any atom is 0.303 e. The Morgan fingerprint density at radius 2 is 2.25 bits per heavy atom. The van der Waals surface area contributed by atoms with Gasteiger partial charge < -0.3 is 10.4 Å². The van der Waals surface area contributed by atoms with Crippen LogP contribution in [0, 0.1) is 17.2 Å². The van der Waals surface area contributed by atoms with Crippen LogP contribution in [0.1, 0.15) is 38.2 Å². The van der Waals surface area contributed by atoms with Crippen molar-refractivity contribution >= 4 is 27.6 Å². The molecule has 108 valence electrons. The molecule has 0 bridgehead atoms. The monoisotopic (exact) mass is 338 g/mol. The van der Waals surface area contributed by atoms with Gasteiger partial charge in [-0.05, 0) is 52.9 Å². The van der Waals surface area contributed by atoms with Crippen LogP contribution in [0.15, 0.2) is 22.7 Å². The molecule has 1 unspecified atom stereocenters. The van der Waals surface area contributed by atoms with E-state index in [1.807, 2.05) is 6.07 Å². The molecule has 1 atom stereocenters. The minimum absolute atomic E-state index is 0.235. The summed E-state index contributed by atoms with van der Waals surface area (Å²) >= 11 is 3.43. The Bertz CT molecular complexity index is 497. The third kappa shape index (κ3) is 5.62. The summed E-state index contributed by atoms with van der Waals surface area (Å²) in [5.41, 5.74) is 1.58. The lowest BCUT2D eigenvalue weighted by Gasteiger charge is -2.15. The average Bonchev–Trinajstić information content (AvgIpc) is 2.43. The number of halogens is 1. The molecule has 4 nitrogen and oxygen atoms in total. The van der Waals surface area contributed by atoms with Crippen LogP contribution in [0.4, 0.5) is 5.69 Å². The summed E-state index contributed by atoms with van der Waals surface area (Å²) in [6, 6.07) is 7.52. The molecule has 0 radical (unpaired) electrons. The molecule has 0 spiro atoms.